The molecule has 1 fully saturated rings. The highest BCUT2D eigenvalue weighted by molar-refractivity contribution is 7.92. The van der Waals surface area contributed by atoms with Crippen molar-refractivity contribution in [3.8, 4) is 0 Å². The highest BCUT2D eigenvalue weighted by Gasteiger charge is 2.47. The SMILES string of the molecule is CC(C)(N)C(N)=O.CS(=O)(=O)N1CC2(CCN(C(=O)CCOCc3ccccc3)CC2)c2ccccc21. The van der Waals surface area contributed by atoms with Crippen LogP contribution in [0.1, 0.15) is 44.2 Å². The Bertz CT molecular complexity index is 1190. The maximum atomic E-state index is 12.6. The lowest BCUT2D eigenvalue weighted by Crippen LogP contribution is -2.47. The number of sulfonamides is 1. The Hall–Kier alpha value is -2.95. The van der Waals surface area contributed by atoms with Crippen LogP contribution < -0.4 is 15.8 Å². The largest absolute Gasteiger partial charge is 0.376 e. The molecule has 37 heavy (non-hydrogen) atoms. The second-order valence-corrected chi connectivity index (χ2v) is 12.2. The van der Waals surface area contributed by atoms with Crippen molar-refractivity contribution in [3.05, 3.63) is 65.7 Å². The summed E-state index contributed by atoms with van der Waals surface area (Å²) in [5.41, 5.74) is 11.9. The number of amides is 2. The van der Waals surface area contributed by atoms with Gasteiger partial charge in [0.2, 0.25) is 21.8 Å². The van der Waals surface area contributed by atoms with E-state index in [0.29, 0.717) is 39.3 Å². The van der Waals surface area contributed by atoms with Crippen molar-refractivity contribution in [2.24, 2.45) is 11.5 Å². The molecule has 0 radical (unpaired) electrons. The fourth-order valence-corrected chi connectivity index (χ4v) is 5.57. The number of likely N-dealkylation sites (tertiary alicyclic amines) is 1. The normalized spacial score (nSPS) is 16.6. The molecule has 0 unspecified atom stereocenters. The molecule has 0 aliphatic carbocycles. The van der Waals surface area contributed by atoms with E-state index in [1.807, 2.05) is 59.5 Å². The number of hydrogen-bond acceptors (Lipinski definition) is 6. The van der Waals surface area contributed by atoms with Crippen LogP contribution in [0.15, 0.2) is 54.6 Å². The van der Waals surface area contributed by atoms with Crippen molar-refractivity contribution < 1.29 is 22.7 Å². The molecule has 4 N–H and O–H groups in total. The fraction of sp³-hybridized carbons (Fsp3) is 0.481. The minimum Gasteiger partial charge on any atom is -0.376 e. The lowest BCUT2D eigenvalue weighted by molar-refractivity contribution is -0.134. The lowest BCUT2D eigenvalue weighted by Gasteiger charge is -2.39. The molecule has 2 aliphatic heterocycles. The van der Waals surface area contributed by atoms with Gasteiger partial charge in [0, 0.05) is 25.0 Å². The zero-order valence-corrected chi connectivity index (χ0v) is 22.7. The standard InChI is InChI=1S/C23H28N2O4S.C4H10N2O/c1-30(27,28)25-18-23(20-9-5-6-10-21(20)25)12-14-24(15-13-23)22(26)11-16-29-17-19-7-3-2-4-8-19;1-4(2,6)3(5)7/h2-10H,11-18H2,1H3;6H2,1-2H3,(H2,5,7). The Morgan fingerprint density at radius 1 is 1.03 bits per heavy atom. The van der Waals surface area contributed by atoms with E-state index in [4.69, 9.17) is 16.2 Å². The summed E-state index contributed by atoms with van der Waals surface area (Å²) in [7, 11) is -3.32. The predicted octanol–water partition coefficient (Wildman–Crippen LogP) is 2.14. The zero-order valence-electron chi connectivity index (χ0n) is 21.9. The van der Waals surface area contributed by atoms with E-state index >= 15 is 0 Å². The first-order valence-corrected chi connectivity index (χ1v) is 14.2. The molecule has 0 atom stereocenters. The van der Waals surface area contributed by atoms with E-state index in [1.165, 1.54) is 10.6 Å². The Labute approximate surface area is 219 Å². The highest BCUT2D eigenvalue weighted by atomic mass is 32.2. The number of piperidine rings is 1. The second kappa shape index (κ2) is 11.6. The number of para-hydroxylation sites is 1. The van der Waals surface area contributed by atoms with Gasteiger partial charge in [-0.2, -0.15) is 0 Å². The van der Waals surface area contributed by atoms with Crippen molar-refractivity contribution in [2.45, 2.75) is 50.7 Å². The van der Waals surface area contributed by atoms with Crippen LogP contribution in [-0.4, -0.2) is 63.2 Å². The molecule has 1 saturated heterocycles. The van der Waals surface area contributed by atoms with E-state index in [9.17, 15) is 18.0 Å². The van der Waals surface area contributed by atoms with Crippen molar-refractivity contribution >= 4 is 27.5 Å². The number of primary amides is 1. The summed E-state index contributed by atoms with van der Waals surface area (Å²) in [5.74, 6) is -0.378. The molecule has 0 bridgehead atoms. The number of nitrogens with zero attached hydrogens (tertiary/aromatic N) is 2. The first-order chi connectivity index (χ1) is 17.3. The summed E-state index contributed by atoms with van der Waals surface area (Å²) in [6.07, 6.45) is 3.17. The predicted molar refractivity (Wildman–Crippen MR) is 144 cm³/mol. The van der Waals surface area contributed by atoms with E-state index in [2.05, 4.69) is 0 Å². The minimum absolute atomic E-state index is 0.101. The van der Waals surface area contributed by atoms with Crippen LogP contribution in [0.25, 0.3) is 0 Å². The van der Waals surface area contributed by atoms with Gasteiger partial charge in [0.1, 0.15) is 0 Å². The molecular weight excluding hydrogens is 492 g/mol. The number of anilines is 1. The van der Waals surface area contributed by atoms with Gasteiger partial charge in [0.15, 0.2) is 0 Å². The maximum Gasteiger partial charge on any atom is 0.236 e. The van der Waals surface area contributed by atoms with Gasteiger partial charge < -0.3 is 21.1 Å². The second-order valence-electron chi connectivity index (χ2n) is 10.3. The average molecular weight is 531 g/mol. The Balaban J connectivity index is 0.000000479. The smallest absolute Gasteiger partial charge is 0.236 e. The van der Waals surface area contributed by atoms with Gasteiger partial charge in [-0.25, -0.2) is 8.42 Å². The van der Waals surface area contributed by atoms with E-state index in [1.54, 1.807) is 13.8 Å². The summed E-state index contributed by atoms with van der Waals surface area (Å²) < 4.78 is 31.8. The topological polar surface area (TPSA) is 136 Å². The van der Waals surface area contributed by atoms with E-state index < -0.39 is 21.5 Å². The molecule has 10 heteroatoms. The molecule has 2 aromatic carbocycles. The van der Waals surface area contributed by atoms with Crippen LogP contribution >= 0.6 is 0 Å². The third-order valence-electron chi connectivity index (χ3n) is 6.87. The van der Waals surface area contributed by atoms with Crippen LogP contribution in [0.5, 0.6) is 0 Å². The number of carbonyl (C=O) groups excluding carboxylic acids is 2. The third-order valence-corrected chi connectivity index (χ3v) is 8.00. The van der Waals surface area contributed by atoms with Gasteiger partial charge in [-0.1, -0.05) is 48.5 Å². The molecule has 4 rings (SSSR count). The summed E-state index contributed by atoms with van der Waals surface area (Å²) in [5, 5.41) is 0. The van der Waals surface area contributed by atoms with Crippen LogP contribution in [0, 0.1) is 0 Å². The zero-order chi connectivity index (χ0) is 27.3. The maximum absolute atomic E-state index is 12.6. The highest BCUT2D eigenvalue weighted by Crippen LogP contribution is 2.47. The molecule has 2 amide bonds. The van der Waals surface area contributed by atoms with Crippen LogP contribution in [-0.2, 0) is 36.4 Å². The molecular formula is C27H38N4O5S. The van der Waals surface area contributed by atoms with Gasteiger partial charge in [-0.3, -0.25) is 13.9 Å². The molecule has 9 nitrogen and oxygen atoms in total. The molecule has 2 aromatic rings. The fourth-order valence-electron chi connectivity index (χ4n) is 4.57. The summed E-state index contributed by atoms with van der Waals surface area (Å²) in [6, 6.07) is 17.7. The number of carbonyl (C=O) groups is 2. The summed E-state index contributed by atoms with van der Waals surface area (Å²) in [4.78, 5) is 24.6. The first kappa shape index (κ1) is 28.6. The van der Waals surface area contributed by atoms with Gasteiger partial charge >= 0.3 is 0 Å². The van der Waals surface area contributed by atoms with Crippen LogP contribution in [0.2, 0.25) is 0 Å². The van der Waals surface area contributed by atoms with Gasteiger partial charge in [0.05, 0.1) is 37.1 Å². The molecule has 0 aromatic heterocycles. The number of nitrogens with two attached hydrogens (primary N) is 2. The molecule has 202 valence electrons. The quantitative estimate of drug-likeness (QED) is 0.527. The Kier molecular flexibility index (Phi) is 8.99. The number of ether oxygens (including phenoxy) is 1. The third kappa shape index (κ3) is 7.30. The molecule has 0 saturated carbocycles. The van der Waals surface area contributed by atoms with E-state index in [0.717, 1.165) is 29.7 Å². The van der Waals surface area contributed by atoms with Gasteiger partial charge in [-0.05, 0) is 43.9 Å². The number of benzene rings is 2. The minimum atomic E-state index is -3.32. The van der Waals surface area contributed by atoms with E-state index in [-0.39, 0.29) is 11.3 Å². The van der Waals surface area contributed by atoms with Crippen molar-refractivity contribution in [3.63, 3.8) is 0 Å². The van der Waals surface area contributed by atoms with Crippen LogP contribution in [0.3, 0.4) is 0 Å². The average Bonchev–Trinajstić information content (AvgIpc) is 3.17. The molecule has 1 spiro atoms. The lowest BCUT2D eigenvalue weighted by atomic mass is 9.74. The molecule has 2 aliphatic rings. The first-order valence-electron chi connectivity index (χ1n) is 12.4. The summed E-state index contributed by atoms with van der Waals surface area (Å²) in [6.45, 7) is 5.79. The van der Waals surface area contributed by atoms with Crippen LogP contribution in [0.4, 0.5) is 5.69 Å². The van der Waals surface area contributed by atoms with Crippen molar-refractivity contribution in [1.82, 2.24) is 4.90 Å². The summed E-state index contributed by atoms with van der Waals surface area (Å²) >= 11 is 0. The van der Waals surface area contributed by atoms with Gasteiger partial charge in [-0.15, -0.1) is 0 Å². The molecule has 2 heterocycles. The Morgan fingerprint density at radius 2 is 1.59 bits per heavy atom. The van der Waals surface area contributed by atoms with Crippen molar-refractivity contribution in [1.29, 1.82) is 0 Å². The monoisotopic (exact) mass is 530 g/mol. The number of fused-ring (bicyclic) bond motifs is 2. The number of hydrogen-bond donors (Lipinski definition) is 2. The van der Waals surface area contributed by atoms with Gasteiger partial charge in [0.25, 0.3) is 0 Å². The number of rotatable bonds is 7. The Morgan fingerprint density at radius 3 is 2.16 bits per heavy atom. The van der Waals surface area contributed by atoms with Crippen molar-refractivity contribution in [2.75, 3.05) is 36.8 Å².